The summed E-state index contributed by atoms with van der Waals surface area (Å²) in [6, 6.07) is 7.31. The molecule has 14 nitrogen and oxygen atoms in total. The average molecular weight is 798 g/mol. The number of ether oxygens (including phenoxy) is 2. The number of hydrogen-bond acceptors (Lipinski definition) is 11. The molecule has 298 valence electrons. The number of oxime groups is 1. The van der Waals surface area contributed by atoms with E-state index in [0.29, 0.717) is 18.6 Å². The van der Waals surface area contributed by atoms with Crippen molar-refractivity contribution in [1.29, 1.82) is 0 Å². The van der Waals surface area contributed by atoms with E-state index in [1.165, 1.54) is 11.0 Å². The lowest BCUT2D eigenvalue weighted by atomic mass is 9.85. The number of nitrogens with zero attached hydrogens (tertiary/aromatic N) is 2. The lowest BCUT2D eigenvalue weighted by Gasteiger charge is -2.35. The van der Waals surface area contributed by atoms with Gasteiger partial charge in [0.1, 0.15) is 35.6 Å². The summed E-state index contributed by atoms with van der Waals surface area (Å²) in [4.78, 5) is 63.8. The summed E-state index contributed by atoms with van der Waals surface area (Å²) < 4.78 is 38.7. The maximum absolute atomic E-state index is 14.5. The van der Waals surface area contributed by atoms with Crippen molar-refractivity contribution in [3.63, 3.8) is 0 Å². The molecule has 1 aliphatic heterocycles. The second-order valence-electron chi connectivity index (χ2n) is 15.9. The predicted molar refractivity (Wildman–Crippen MR) is 208 cm³/mol. The van der Waals surface area contributed by atoms with E-state index in [1.807, 2.05) is 35.7 Å². The Kier molecular flexibility index (Phi) is 12.0. The number of nitrogens with one attached hydrogen (secondary N) is 3. The molecule has 3 saturated carbocycles. The molecule has 0 spiro atoms. The van der Waals surface area contributed by atoms with Crippen molar-refractivity contribution in [1.82, 2.24) is 20.3 Å². The average Bonchev–Trinajstić information content (AvgIpc) is 4.02. The number of alkyl carbamates (subject to hydrolysis) is 1. The summed E-state index contributed by atoms with van der Waals surface area (Å²) in [5.74, 6) is -1.95. The van der Waals surface area contributed by atoms with Crippen molar-refractivity contribution in [3.8, 4) is 16.2 Å². The van der Waals surface area contributed by atoms with Gasteiger partial charge in [0.25, 0.3) is 5.91 Å². The SMILES string of the molecule is C=C[C@@H]1CC1(NC(=O)[C@@H]1C[C@@H](O/N=C/c2cc(OC)ccc2-c2cccs2)CN1C(=O)[C@@H](NC(=O)OC1CCCCC1)C(C)(C)C)C(=O)NS(=O)(=O)C1CC1. The zero-order valence-electron chi connectivity index (χ0n) is 31.7. The first-order valence-electron chi connectivity index (χ1n) is 18.8. The van der Waals surface area contributed by atoms with Crippen LogP contribution in [0.15, 0.2) is 53.5 Å². The molecule has 55 heavy (non-hydrogen) atoms. The van der Waals surface area contributed by atoms with Crippen LogP contribution < -0.4 is 20.1 Å². The first kappa shape index (κ1) is 40.2. The van der Waals surface area contributed by atoms with Crippen molar-refractivity contribution in [2.45, 2.75) is 114 Å². The van der Waals surface area contributed by atoms with Crippen molar-refractivity contribution in [2.75, 3.05) is 13.7 Å². The van der Waals surface area contributed by atoms with Crippen LogP contribution >= 0.6 is 11.3 Å². The third-order valence-electron chi connectivity index (χ3n) is 10.7. The van der Waals surface area contributed by atoms with Gasteiger partial charge in [0, 0.05) is 28.3 Å². The molecule has 5 atom stereocenters. The number of benzene rings is 1. The van der Waals surface area contributed by atoms with Gasteiger partial charge < -0.3 is 29.8 Å². The third kappa shape index (κ3) is 9.34. The molecule has 4 fully saturated rings. The number of likely N-dealkylation sites (tertiary alicyclic amines) is 1. The fraction of sp³-hybridized carbons (Fsp3) is 0.564. The predicted octanol–water partition coefficient (Wildman–Crippen LogP) is 4.89. The second-order valence-corrected chi connectivity index (χ2v) is 18.8. The normalized spacial score (nSPS) is 24.8. The third-order valence-corrected chi connectivity index (χ3v) is 13.5. The quantitative estimate of drug-likeness (QED) is 0.136. The van der Waals surface area contributed by atoms with Crippen LogP contribution in [0.4, 0.5) is 4.79 Å². The maximum atomic E-state index is 14.5. The van der Waals surface area contributed by atoms with Gasteiger partial charge in [-0.15, -0.1) is 17.9 Å². The maximum Gasteiger partial charge on any atom is 0.408 e. The molecule has 0 bridgehead atoms. The lowest BCUT2D eigenvalue weighted by molar-refractivity contribution is -0.143. The molecule has 1 aromatic carbocycles. The molecule has 4 amide bonds. The van der Waals surface area contributed by atoms with Crippen LogP contribution in [-0.4, -0.2) is 92.1 Å². The Balaban J connectivity index is 1.24. The van der Waals surface area contributed by atoms with Gasteiger partial charge in [-0.05, 0) is 80.0 Å². The fourth-order valence-electron chi connectivity index (χ4n) is 7.29. The van der Waals surface area contributed by atoms with Gasteiger partial charge in [-0.25, -0.2) is 13.2 Å². The number of carbonyl (C=O) groups excluding carboxylic acids is 4. The van der Waals surface area contributed by atoms with Crippen LogP contribution in [0, 0.1) is 11.3 Å². The minimum Gasteiger partial charge on any atom is -0.497 e. The number of amides is 4. The minimum atomic E-state index is -3.90. The summed E-state index contributed by atoms with van der Waals surface area (Å²) in [5.41, 5.74) is -0.707. The van der Waals surface area contributed by atoms with Gasteiger partial charge >= 0.3 is 6.09 Å². The van der Waals surface area contributed by atoms with E-state index in [4.69, 9.17) is 14.3 Å². The molecule has 4 aliphatic rings. The first-order chi connectivity index (χ1) is 26.1. The molecule has 1 unspecified atom stereocenters. The van der Waals surface area contributed by atoms with E-state index in [1.54, 1.807) is 45.4 Å². The van der Waals surface area contributed by atoms with Crippen molar-refractivity contribution in [2.24, 2.45) is 16.5 Å². The largest absolute Gasteiger partial charge is 0.497 e. The smallest absolute Gasteiger partial charge is 0.408 e. The number of sulfonamides is 1. The summed E-state index contributed by atoms with van der Waals surface area (Å²) in [6.45, 7) is 9.13. The first-order valence-corrected chi connectivity index (χ1v) is 21.3. The molecule has 3 N–H and O–H groups in total. The molecule has 2 aromatic rings. The standard InChI is InChI=1S/C39H51N5O9S2/c1-6-25-21-39(25,36(47)43-55(49,50)29-15-16-29)42-34(45)31-20-28(53-40-22-24-19-27(51-5)14-17-30(24)32-13-10-18-54-32)23-44(31)35(46)33(38(2,3)4)41-37(48)52-26-11-8-7-9-12-26/h6,10,13-14,17-19,22,25-26,28-29,31,33H,1,7-9,11-12,15-16,20-21,23H2,2-5H3,(H,41,48)(H,42,45)(H,43,47)/b40-22+/t25-,28-,31+,33-,39?/m1/s1. The van der Waals surface area contributed by atoms with Gasteiger partial charge in [-0.2, -0.15) is 0 Å². The molecule has 3 aliphatic carbocycles. The van der Waals surface area contributed by atoms with Crippen LogP contribution in [0.1, 0.15) is 84.1 Å². The van der Waals surface area contributed by atoms with E-state index < -0.39 is 74.1 Å². The number of methoxy groups -OCH3 is 1. The van der Waals surface area contributed by atoms with Crippen molar-refractivity contribution < 1.29 is 41.9 Å². The topological polar surface area (TPSA) is 182 Å². The Labute approximate surface area is 326 Å². The van der Waals surface area contributed by atoms with Gasteiger partial charge in [-0.1, -0.05) is 44.5 Å². The number of rotatable bonds is 14. The molecule has 2 heterocycles. The highest BCUT2D eigenvalue weighted by Crippen LogP contribution is 2.45. The monoisotopic (exact) mass is 797 g/mol. The molecule has 1 aromatic heterocycles. The van der Waals surface area contributed by atoms with Crippen molar-refractivity contribution in [3.05, 3.63) is 53.9 Å². The summed E-state index contributed by atoms with van der Waals surface area (Å²) in [7, 11) is -2.33. The lowest BCUT2D eigenvalue weighted by Crippen LogP contribution is -2.60. The van der Waals surface area contributed by atoms with E-state index >= 15 is 0 Å². The Bertz CT molecular complexity index is 1900. The number of hydrogen-bond donors (Lipinski definition) is 3. The molecule has 6 rings (SSSR count). The van der Waals surface area contributed by atoms with Gasteiger partial charge in [-0.3, -0.25) is 19.1 Å². The van der Waals surface area contributed by atoms with Crippen LogP contribution in [-0.2, 0) is 34.0 Å². The zero-order valence-corrected chi connectivity index (χ0v) is 33.4. The fourth-order valence-corrected chi connectivity index (χ4v) is 9.43. The van der Waals surface area contributed by atoms with E-state index in [9.17, 15) is 27.6 Å². The Morgan fingerprint density at radius 2 is 1.82 bits per heavy atom. The summed E-state index contributed by atoms with van der Waals surface area (Å²) >= 11 is 1.57. The molecule has 1 saturated heterocycles. The Morgan fingerprint density at radius 1 is 1.07 bits per heavy atom. The van der Waals surface area contributed by atoms with Gasteiger partial charge in [0.05, 0.1) is 25.1 Å². The van der Waals surface area contributed by atoms with Crippen LogP contribution in [0.3, 0.4) is 0 Å². The summed E-state index contributed by atoms with van der Waals surface area (Å²) in [5, 5.41) is 11.2. The van der Waals surface area contributed by atoms with Gasteiger partial charge in [0.2, 0.25) is 21.8 Å². The van der Waals surface area contributed by atoms with E-state index in [0.717, 1.165) is 48.1 Å². The minimum absolute atomic E-state index is 0.00498. The number of carbonyl (C=O) groups is 4. The van der Waals surface area contributed by atoms with E-state index in [2.05, 4.69) is 27.1 Å². The summed E-state index contributed by atoms with van der Waals surface area (Å²) in [6.07, 6.45) is 6.92. The van der Waals surface area contributed by atoms with Crippen LogP contribution in [0.5, 0.6) is 5.75 Å². The van der Waals surface area contributed by atoms with E-state index in [-0.39, 0.29) is 25.5 Å². The highest BCUT2D eigenvalue weighted by molar-refractivity contribution is 7.91. The van der Waals surface area contributed by atoms with Gasteiger partial charge in [0.15, 0.2) is 0 Å². The molecule has 0 radical (unpaired) electrons. The molecule has 16 heteroatoms. The highest BCUT2D eigenvalue weighted by atomic mass is 32.2. The Morgan fingerprint density at radius 3 is 2.44 bits per heavy atom. The highest BCUT2D eigenvalue weighted by Gasteiger charge is 2.62. The second kappa shape index (κ2) is 16.3. The number of thiophene rings is 1. The van der Waals surface area contributed by atoms with Crippen LogP contribution in [0.25, 0.3) is 10.4 Å². The molecular formula is C39H51N5O9S2. The molecular weight excluding hydrogens is 747 g/mol. The van der Waals surface area contributed by atoms with Crippen molar-refractivity contribution >= 4 is 51.4 Å². The van der Waals surface area contributed by atoms with Crippen LogP contribution in [0.2, 0.25) is 0 Å². The Hall–Kier alpha value is -4.44. The zero-order chi connectivity index (χ0) is 39.5.